The molecule has 0 fully saturated rings. The number of carbonyl (C=O) groups excluding carboxylic acids is 1. The monoisotopic (exact) mass is 237 g/mol. The van der Waals surface area contributed by atoms with Crippen LogP contribution in [0.2, 0.25) is 0 Å². The van der Waals surface area contributed by atoms with Crippen molar-refractivity contribution in [3.8, 4) is 0 Å². The summed E-state index contributed by atoms with van der Waals surface area (Å²) in [6.07, 6.45) is 0. The van der Waals surface area contributed by atoms with Gasteiger partial charge in [0.25, 0.3) is 0 Å². The summed E-state index contributed by atoms with van der Waals surface area (Å²) in [4.78, 5) is 11.9. The Labute approximate surface area is 103 Å². The summed E-state index contributed by atoms with van der Waals surface area (Å²) >= 11 is 0. The highest BCUT2D eigenvalue weighted by Crippen LogP contribution is 2.24. The van der Waals surface area contributed by atoms with Crippen molar-refractivity contribution in [2.45, 2.75) is 47.0 Å². The molecule has 0 saturated carbocycles. The summed E-state index contributed by atoms with van der Waals surface area (Å²) in [6.45, 7) is 12.0. The lowest BCUT2D eigenvalue weighted by Gasteiger charge is -2.17. The van der Waals surface area contributed by atoms with E-state index in [-0.39, 0.29) is 11.3 Å². The minimum atomic E-state index is -0.397. The maximum absolute atomic E-state index is 11.9. The Morgan fingerprint density at radius 2 is 1.76 bits per heavy atom. The Morgan fingerprint density at radius 1 is 1.24 bits per heavy atom. The van der Waals surface area contributed by atoms with E-state index in [9.17, 15) is 4.79 Å². The van der Waals surface area contributed by atoms with Crippen molar-refractivity contribution in [3.63, 3.8) is 0 Å². The Hall–Kier alpha value is -1.32. The van der Waals surface area contributed by atoms with Crippen LogP contribution in [0.1, 0.15) is 47.2 Å². The number of anilines is 1. The molecule has 0 aliphatic rings. The number of hydrogen-bond acceptors (Lipinski definition) is 2. The predicted molar refractivity (Wildman–Crippen MR) is 70.0 cm³/mol. The molecule has 4 nitrogen and oxygen atoms in total. The smallest absolute Gasteiger partial charge is 0.230 e. The van der Waals surface area contributed by atoms with E-state index in [4.69, 9.17) is 0 Å². The van der Waals surface area contributed by atoms with Gasteiger partial charge >= 0.3 is 0 Å². The second-order valence-corrected chi connectivity index (χ2v) is 6.49. The molecule has 0 aliphatic heterocycles. The van der Waals surface area contributed by atoms with Crippen LogP contribution in [0.4, 0.5) is 5.82 Å². The fourth-order valence-electron chi connectivity index (χ4n) is 1.25. The SMILES string of the molecule is Cn1nc(C(C)(C)C)cc1NC(=O)C(C)(C)C. The van der Waals surface area contributed by atoms with Gasteiger partial charge in [-0.25, -0.2) is 0 Å². The van der Waals surface area contributed by atoms with Crippen molar-refractivity contribution in [1.29, 1.82) is 0 Å². The molecule has 0 bridgehead atoms. The third-order valence-corrected chi connectivity index (χ3v) is 2.57. The number of rotatable bonds is 1. The standard InChI is InChI=1S/C13H23N3O/c1-12(2,3)9-8-10(16(7)15-9)14-11(17)13(4,5)6/h8H,1-7H3,(H,14,17). The first-order valence-corrected chi connectivity index (χ1v) is 5.88. The van der Waals surface area contributed by atoms with Gasteiger partial charge in [-0.15, -0.1) is 0 Å². The molecule has 0 saturated heterocycles. The molecule has 0 aliphatic carbocycles. The van der Waals surface area contributed by atoms with E-state index in [1.807, 2.05) is 33.9 Å². The highest BCUT2D eigenvalue weighted by atomic mass is 16.2. The molecule has 0 unspecified atom stereocenters. The van der Waals surface area contributed by atoms with Gasteiger partial charge in [0, 0.05) is 23.9 Å². The quantitative estimate of drug-likeness (QED) is 0.816. The summed E-state index contributed by atoms with van der Waals surface area (Å²) in [6, 6.07) is 1.93. The molecule has 1 N–H and O–H groups in total. The minimum absolute atomic E-state index is 0.000888. The number of hydrogen-bond donors (Lipinski definition) is 1. The van der Waals surface area contributed by atoms with E-state index in [2.05, 4.69) is 31.2 Å². The fraction of sp³-hybridized carbons (Fsp3) is 0.692. The molecule has 0 radical (unpaired) electrons. The maximum atomic E-state index is 11.9. The Morgan fingerprint density at radius 3 is 2.12 bits per heavy atom. The first kappa shape index (κ1) is 13.7. The lowest BCUT2D eigenvalue weighted by Crippen LogP contribution is -2.28. The lowest BCUT2D eigenvalue weighted by atomic mass is 9.92. The van der Waals surface area contributed by atoms with Crippen LogP contribution in [-0.2, 0) is 17.3 Å². The Balaban J connectivity index is 2.94. The summed E-state index contributed by atoms with van der Waals surface area (Å²) in [5.74, 6) is 0.746. The van der Waals surface area contributed by atoms with E-state index in [0.29, 0.717) is 0 Å². The van der Waals surface area contributed by atoms with Crippen LogP contribution in [0, 0.1) is 5.41 Å². The van der Waals surface area contributed by atoms with E-state index >= 15 is 0 Å². The van der Waals surface area contributed by atoms with Crippen LogP contribution in [0.3, 0.4) is 0 Å². The molecule has 0 aromatic carbocycles. The van der Waals surface area contributed by atoms with Crippen molar-refractivity contribution >= 4 is 11.7 Å². The van der Waals surface area contributed by atoms with E-state index in [1.54, 1.807) is 4.68 Å². The van der Waals surface area contributed by atoms with E-state index in [0.717, 1.165) is 11.5 Å². The number of nitrogens with zero attached hydrogens (tertiary/aromatic N) is 2. The van der Waals surface area contributed by atoms with Gasteiger partial charge in [0.1, 0.15) is 5.82 Å². The zero-order valence-electron chi connectivity index (χ0n) is 11.9. The largest absolute Gasteiger partial charge is 0.310 e. The number of aromatic nitrogens is 2. The van der Waals surface area contributed by atoms with Gasteiger partial charge in [-0.2, -0.15) is 5.10 Å². The molecular weight excluding hydrogens is 214 g/mol. The highest BCUT2D eigenvalue weighted by molar-refractivity contribution is 5.93. The second kappa shape index (κ2) is 4.17. The minimum Gasteiger partial charge on any atom is -0.310 e. The van der Waals surface area contributed by atoms with Crippen molar-refractivity contribution in [1.82, 2.24) is 9.78 Å². The van der Waals surface area contributed by atoms with E-state index in [1.165, 1.54) is 0 Å². The zero-order valence-corrected chi connectivity index (χ0v) is 11.9. The molecule has 1 aromatic rings. The number of aryl methyl sites for hydroxylation is 1. The van der Waals surface area contributed by atoms with Gasteiger partial charge in [0.15, 0.2) is 0 Å². The van der Waals surface area contributed by atoms with Crippen molar-refractivity contribution < 1.29 is 4.79 Å². The number of carbonyl (C=O) groups is 1. The van der Waals surface area contributed by atoms with Crippen molar-refractivity contribution in [2.75, 3.05) is 5.32 Å². The molecule has 4 heteroatoms. The van der Waals surface area contributed by atoms with Crippen LogP contribution in [0.25, 0.3) is 0 Å². The van der Waals surface area contributed by atoms with Gasteiger partial charge in [-0.3, -0.25) is 9.48 Å². The molecule has 17 heavy (non-hydrogen) atoms. The summed E-state index contributed by atoms with van der Waals surface area (Å²) in [7, 11) is 1.84. The maximum Gasteiger partial charge on any atom is 0.230 e. The van der Waals surface area contributed by atoms with Crippen molar-refractivity contribution in [3.05, 3.63) is 11.8 Å². The summed E-state index contributed by atoms with van der Waals surface area (Å²) in [5.41, 5.74) is 0.568. The third kappa shape index (κ3) is 3.32. The van der Waals surface area contributed by atoms with Crippen LogP contribution in [-0.4, -0.2) is 15.7 Å². The molecule has 96 valence electrons. The van der Waals surface area contributed by atoms with Crippen LogP contribution < -0.4 is 5.32 Å². The second-order valence-electron chi connectivity index (χ2n) is 6.49. The number of amides is 1. The zero-order chi connectivity index (χ0) is 13.4. The normalized spacial score (nSPS) is 12.6. The van der Waals surface area contributed by atoms with Gasteiger partial charge in [-0.05, 0) is 0 Å². The first-order chi connectivity index (χ1) is 7.51. The first-order valence-electron chi connectivity index (χ1n) is 5.88. The molecule has 0 atom stereocenters. The van der Waals surface area contributed by atoms with Gasteiger partial charge in [-0.1, -0.05) is 41.5 Å². The molecule has 1 rings (SSSR count). The van der Waals surface area contributed by atoms with E-state index < -0.39 is 5.41 Å². The average molecular weight is 237 g/mol. The van der Waals surface area contributed by atoms with Crippen molar-refractivity contribution in [2.24, 2.45) is 12.5 Å². The average Bonchev–Trinajstić information content (AvgIpc) is 2.45. The highest BCUT2D eigenvalue weighted by Gasteiger charge is 2.24. The van der Waals surface area contributed by atoms with Gasteiger partial charge in [0.05, 0.1) is 5.69 Å². The topological polar surface area (TPSA) is 46.9 Å². The lowest BCUT2D eigenvalue weighted by molar-refractivity contribution is -0.123. The predicted octanol–water partition coefficient (Wildman–Crippen LogP) is 2.70. The summed E-state index contributed by atoms with van der Waals surface area (Å²) < 4.78 is 1.71. The molecule has 1 amide bonds. The Bertz CT molecular complexity index is 419. The fourth-order valence-corrected chi connectivity index (χ4v) is 1.25. The Kier molecular flexibility index (Phi) is 3.37. The van der Waals surface area contributed by atoms with Gasteiger partial charge in [0.2, 0.25) is 5.91 Å². The van der Waals surface area contributed by atoms with Crippen LogP contribution in [0.5, 0.6) is 0 Å². The number of nitrogens with one attached hydrogen (secondary N) is 1. The third-order valence-electron chi connectivity index (χ3n) is 2.57. The van der Waals surface area contributed by atoms with Crippen LogP contribution >= 0.6 is 0 Å². The molecular formula is C13H23N3O. The van der Waals surface area contributed by atoms with Crippen LogP contribution in [0.15, 0.2) is 6.07 Å². The van der Waals surface area contributed by atoms with Gasteiger partial charge < -0.3 is 5.32 Å². The molecule has 1 aromatic heterocycles. The summed E-state index contributed by atoms with van der Waals surface area (Å²) in [5, 5.41) is 7.32. The molecule has 0 spiro atoms. The molecule has 1 heterocycles.